The minimum Gasteiger partial charge on any atom is -0.378 e. The Balaban J connectivity index is 1.80. The third kappa shape index (κ3) is 3.03. The second kappa shape index (κ2) is 6.18. The fraction of sp³-hybridized carbons (Fsp3) is 0.438. The number of anilines is 2. The predicted molar refractivity (Wildman–Crippen MR) is 84.7 cm³/mol. The number of imidazole rings is 1. The van der Waals surface area contributed by atoms with Gasteiger partial charge < -0.3 is 19.5 Å². The molecule has 0 bridgehead atoms. The molecule has 1 aromatic carbocycles. The van der Waals surface area contributed by atoms with E-state index in [9.17, 15) is 0 Å². The first kappa shape index (κ1) is 13.9. The van der Waals surface area contributed by atoms with Crippen LogP contribution in [0.4, 0.5) is 11.4 Å². The number of nitrogens with zero attached hydrogens (tertiary/aromatic N) is 3. The first-order valence-corrected chi connectivity index (χ1v) is 7.41. The van der Waals surface area contributed by atoms with Crippen LogP contribution in [-0.4, -0.2) is 35.9 Å². The highest BCUT2D eigenvalue weighted by Crippen LogP contribution is 2.29. The summed E-state index contributed by atoms with van der Waals surface area (Å²) >= 11 is 0. The lowest BCUT2D eigenvalue weighted by molar-refractivity contribution is 0.123. The van der Waals surface area contributed by atoms with Crippen LogP contribution in [0.1, 0.15) is 18.8 Å². The molecule has 1 saturated heterocycles. The van der Waals surface area contributed by atoms with Gasteiger partial charge in [-0.1, -0.05) is 12.1 Å². The van der Waals surface area contributed by atoms with Crippen LogP contribution in [-0.2, 0) is 11.8 Å². The lowest BCUT2D eigenvalue weighted by Crippen LogP contribution is -2.36. The summed E-state index contributed by atoms with van der Waals surface area (Å²) in [4.78, 5) is 6.79. The lowest BCUT2D eigenvalue weighted by atomic mass is 10.2. The van der Waals surface area contributed by atoms with E-state index in [1.54, 1.807) is 0 Å². The van der Waals surface area contributed by atoms with Crippen molar-refractivity contribution in [3.8, 4) is 0 Å². The van der Waals surface area contributed by atoms with E-state index < -0.39 is 0 Å². The normalized spacial score (nSPS) is 16.8. The summed E-state index contributed by atoms with van der Waals surface area (Å²) < 4.78 is 7.49. The van der Waals surface area contributed by atoms with Gasteiger partial charge in [-0.3, -0.25) is 0 Å². The van der Waals surface area contributed by atoms with Crippen molar-refractivity contribution in [1.29, 1.82) is 0 Å². The quantitative estimate of drug-likeness (QED) is 0.937. The van der Waals surface area contributed by atoms with Gasteiger partial charge in [0.2, 0.25) is 0 Å². The summed E-state index contributed by atoms with van der Waals surface area (Å²) in [7, 11) is 2.02. The highest BCUT2D eigenvalue weighted by atomic mass is 16.5. The fourth-order valence-electron chi connectivity index (χ4n) is 2.77. The summed E-state index contributed by atoms with van der Waals surface area (Å²) in [6.07, 6.45) is 3.81. The molecule has 1 fully saturated rings. The van der Waals surface area contributed by atoms with E-state index in [-0.39, 0.29) is 6.04 Å². The Bertz CT molecular complexity index is 589. The zero-order chi connectivity index (χ0) is 14.7. The number of ether oxygens (including phenoxy) is 1. The van der Waals surface area contributed by atoms with Gasteiger partial charge in [0, 0.05) is 32.5 Å². The molecule has 0 aliphatic carbocycles. The molecule has 0 radical (unpaired) electrons. The predicted octanol–water partition coefficient (Wildman–Crippen LogP) is 2.43. The number of hydrogen-bond acceptors (Lipinski definition) is 4. The molecule has 2 heterocycles. The standard InChI is InChI=1S/C16H22N4O/c1-13(16-17-7-8-19(16)2)18-14-5-3-4-6-15(14)20-9-11-21-12-10-20/h3-8,13,18H,9-12H2,1-2H3. The zero-order valence-electron chi connectivity index (χ0n) is 12.6. The van der Waals surface area contributed by atoms with E-state index in [0.29, 0.717) is 0 Å². The Morgan fingerprint density at radius 3 is 2.71 bits per heavy atom. The summed E-state index contributed by atoms with van der Waals surface area (Å²) in [6, 6.07) is 8.61. The molecule has 5 heteroatoms. The smallest absolute Gasteiger partial charge is 0.130 e. The van der Waals surface area contributed by atoms with Crippen LogP contribution < -0.4 is 10.2 Å². The van der Waals surface area contributed by atoms with Crippen LogP contribution in [0.2, 0.25) is 0 Å². The molecule has 21 heavy (non-hydrogen) atoms. The van der Waals surface area contributed by atoms with Crippen molar-refractivity contribution in [2.45, 2.75) is 13.0 Å². The molecule has 1 unspecified atom stereocenters. The van der Waals surface area contributed by atoms with Gasteiger partial charge in [0.05, 0.1) is 30.6 Å². The molecule has 3 rings (SSSR count). The van der Waals surface area contributed by atoms with Gasteiger partial charge in [-0.2, -0.15) is 0 Å². The number of aromatic nitrogens is 2. The Morgan fingerprint density at radius 2 is 2.00 bits per heavy atom. The van der Waals surface area contributed by atoms with Crippen LogP contribution in [0.25, 0.3) is 0 Å². The van der Waals surface area contributed by atoms with Gasteiger partial charge >= 0.3 is 0 Å². The molecule has 5 nitrogen and oxygen atoms in total. The van der Waals surface area contributed by atoms with Gasteiger partial charge in [0.25, 0.3) is 0 Å². The molecule has 1 aromatic heterocycles. The Hall–Kier alpha value is -2.01. The highest BCUT2D eigenvalue weighted by molar-refractivity contribution is 5.70. The Labute approximate surface area is 125 Å². The number of hydrogen-bond donors (Lipinski definition) is 1. The number of benzene rings is 1. The van der Waals surface area contributed by atoms with Gasteiger partial charge in [-0.25, -0.2) is 4.98 Å². The summed E-state index contributed by atoms with van der Waals surface area (Å²) in [6.45, 7) is 5.61. The molecule has 1 aliphatic rings. The van der Waals surface area contributed by atoms with Crippen LogP contribution in [0.15, 0.2) is 36.7 Å². The van der Waals surface area contributed by atoms with Crippen molar-refractivity contribution >= 4 is 11.4 Å². The molecule has 1 N–H and O–H groups in total. The topological polar surface area (TPSA) is 42.3 Å². The van der Waals surface area contributed by atoms with Gasteiger partial charge in [-0.05, 0) is 19.1 Å². The zero-order valence-corrected chi connectivity index (χ0v) is 12.6. The van der Waals surface area contributed by atoms with E-state index in [4.69, 9.17) is 4.74 Å². The Morgan fingerprint density at radius 1 is 1.24 bits per heavy atom. The van der Waals surface area contributed by atoms with Crippen LogP contribution in [0.5, 0.6) is 0 Å². The lowest BCUT2D eigenvalue weighted by Gasteiger charge is -2.31. The molecule has 2 aromatic rings. The van der Waals surface area contributed by atoms with Crippen LogP contribution >= 0.6 is 0 Å². The van der Waals surface area contributed by atoms with E-state index in [0.717, 1.165) is 37.8 Å². The molecule has 1 atom stereocenters. The molecule has 0 saturated carbocycles. The summed E-state index contributed by atoms with van der Waals surface area (Å²) in [5, 5.41) is 3.59. The van der Waals surface area contributed by atoms with E-state index in [1.165, 1.54) is 5.69 Å². The largest absolute Gasteiger partial charge is 0.378 e. The number of morpholine rings is 1. The average Bonchev–Trinajstić information content (AvgIpc) is 2.95. The molecule has 0 spiro atoms. The van der Waals surface area contributed by atoms with Crippen molar-refractivity contribution in [3.63, 3.8) is 0 Å². The van der Waals surface area contributed by atoms with Gasteiger partial charge in [-0.15, -0.1) is 0 Å². The Kier molecular flexibility index (Phi) is 4.10. The number of nitrogens with one attached hydrogen (secondary N) is 1. The second-order valence-corrected chi connectivity index (χ2v) is 5.38. The first-order chi connectivity index (χ1) is 10.3. The van der Waals surface area contributed by atoms with Crippen molar-refractivity contribution in [2.24, 2.45) is 7.05 Å². The van der Waals surface area contributed by atoms with Crippen molar-refractivity contribution in [2.75, 3.05) is 36.5 Å². The third-order valence-corrected chi connectivity index (χ3v) is 3.87. The minimum atomic E-state index is 0.159. The van der Waals surface area contributed by atoms with Gasteiger partial charge in [0.15, 0.2) is 0 Å². The van der Waals surface area contributed by atoms with E-state index in [2.05, 4.69) is 51.0 Å². The van der Waals surface area contributed by atoms with E-state index in [1.807, 2.05) is 19.4 Å². The van der Waals surface area contributed by atoms with Crippen molar-refractivity contribution < 1.29 is 4.74 Å². The molecule has 112 valence electrons. The SMILES string of the molecule is CC(Nc1ccccc1N1CCOCC1)c1nccn1C. The molecular formula is C16H22N4O. The van der Waals surface area contributed by atoms with E-state index >= 15 is 0 Å². The number of rotatable bonds is 4. The highest BCUT2D eigenvalue weighted by Gasteiger charge is 2.17. The third-order valence-electron chi connectivity index (χ3n) is 3.87. The average molecular weight is 286 g/mol. The second-order valence-electron chi connectivity index (χ2n) is 5.38. The molecular weight excluding hydrogens is 264 g/mol. The first-order valence-electron chi connectivity index (χ1n) is 7.41. The maximum atomic E-state index is 5.44. The number of aryl methyl sites for hydroxylation is 1. The maximum Gasteiger partial charge on any atom is 0.130 e. The molecule has 0 amide bonds. The maximum absolute atomic E-state index is 5.44. The van der Waals surface area contributed by atoms with Crippen molar-refractivity contribution in [1.82, 2.24) is 9.55 Å². The van der Waals surface area contributed by atoms with Crippen LogP contribution in [0, 0.1) is 0 Å². The van der Waals surface area contributed by atoms with Crippen LogP contribution in [0.3, 0.4) is 0 Å². The monoisotopic (exact) mass is 286 g/mol. The van der Waals surface area contributed by atoms with Gasteiger partial charge in [0.1, 0.15) is 5.82 Å². The number of para-hydroxylation sites is 2. The fourth-order valence-corrected chi connectivity index (χ4v) is 2.77. The summed E-state index contributed by atoms with van der Waals surface area (Å²) in [5.41, 5.74) is 2.39. The molecule has 1 aliphatic heterocycles. The van der Waals surface area contributed by atoms with Crippen molar-refractivity contribution in [3.05, 3.63) is 42.5 Å². The minimum absolute atomic E-state index is 0.159. The summed E-state index contributed by atoms with van der Waals surface area (Å²) in [5.74, 6) is 1.03.